The van der Waals surface area contributed by atoms with Crippen LogP contribution in [0.2, 0.25) is 0 Å². The lowest BCUT2D eigenvalue weighted by Gasteiger charge is -2.57. The normalized spacial score (nSPS) is 43.4. The molecule has 0 aromatic heterocycles. The fraction of sp³-hybridized carbons (Fsp3) is 0.613. The van der Waals surface area contributed by atoms with Crippen LogP contribution >= 0.6 is 16.6 Å². The molecule has 196 valence electrons. The summed E-state index contributed by atoms with van der Waals surface area (Å²) in [4.78, 5) is 0. The first-order chi connectivity index (χ1) is 18.3. The lowest BCUT2D eigenvalue weighted by molar-refractivity contribution is -0.0375. The van der Waals surface area contributed by atoms with Crippen LogP contribution < -0.4 is 10.6 Å². The van der Waals surface area contributed by atoms with E-state index in [9.17, 15) is 0 Å². The van der Waals surface area contributed by atoms with Gasteiger partial charge in [-0.05, 0) is 51.4 Å². The first kappa shape index (κ1) is 24.0. The van der Waals surface area contributed by atoms with Crippen LogP contribution in [-0.2, 0) is 9.05 Å². The first-order valence-electron chi connectivity index (χ1n) is 14.9. The van der Waals surface area contributed by atoms with Crippen molar-refractivity contribution in [3.63, 3.8) is 0 Å². The molecular weight excluding hydrogens is 494 g/mol. The average molecular weight is 535 g/mol. The summed E-state index contributed by atoms with van der Waals surface area (Å²) in [6, 6.07) is 23.7. The fourth-order valence-electron chi connectivity index (χ4n) is 9.43. The molecule has 4 aliphatic carbocycles. The van der Waals surface area contributed by atoms with Crippen LogP contribution in [0, 0.1) is 10.8 Å². The molecule has 2 spiro atoms. The standard InChI is InChI=1S/C31H40N2O2P2/c1-3-11-24(12-4-1)36-32(26-15-7-19-30(26)21-9-17-28(30)34-36)23-33-27-16-8-20-31(27)22-10-18-29(31)35-37(33)25-13-5-2-6-14-25/h1-6,11-14,26-29H,7-10,15-23H2/t26-,27-,28+,29+,30?,31?,36?,37?/m1/s1. The molecule has 8 atom stereocenters. The fourth-order valence-corrected chi connectivity index (χ4v) is 14.3. The zero-order valence-corrected chi connectivity index (χ0v) is 23.7. The van der Waals surface area contributed by atoms with Crippen LogP contribution in [0.1, 0.15) is 77.0 Å². The number of nitrogens with zero attached hydrogens (tertiary/aromatic N) is 2. The van der Waals surface area contributed by atoms with Crippen LogP contribution in [0.4, 0.5) is 0 Å². The third-order valence-corrected chi connectivity index (χ3v) is 15.1. The van der Waals surface area contributed by atoms with Crippen LogP contribution in [0.25, 0.3) is 0 Å². The Bertz CT molecular complexity index is 1030. The summed E-state index contributed by atoms with van der Waals surface area (Å²) in [6.45, 7) is 0.999. The Balaban J connectivity index is 1.21. The van der Waals surface area contributed by atoms with Gasteiger partial charge in [0.05, 0.1) is 18.9 Å². The molecule has 2 aliphatic heterocycles. The number of hydrogen-bond acceptors (Lipinski definition) is 4. The first-order valence-corrected chi connectivity index (χ1v) is 17.3. The van der Waals surface area contributed by atoms with E-state index in [0.717, 1.165) is 6.67 Å². The van der Waals surface area contributed by atoms with Gasteiger partial charge >= 0.3 is 0 Å². The Hall–Kier alpha value is -0.860. The predicted octanol–water partition coefficient (Wildman–Crippen LogP) is 7.07. The monoisotopic (exact) mass is 534 g/mol. The Kier molecular flexibility index (Phi) is 6.07. The molecule has 4 nitrogen and oxygen atoms in total. The molecule has 37 heavy (non-hydrogen) atoms. The van der Waals surface area contributed by atoms with Gasteiger partial charge in [0.25, 0.3) is 0 Å². The van der Waals surface area contributed by atoms with E-state index in [4.69, 9.17) is 9.05 Å². The molecule has 0 radical (unpaired) electrons. The van der Waals surface area contributed by atoms with Gasteiger partial charge in [0.15, 0.2) is 0 Å². The minimum atomic E-state index is -0.800. The van der Waals surface area contributed by atoms with Crippen LogP contribution in [0.5, 0.6) is 0 Å². The van der Waals surface area contributed by atoms with E-state index in [1.807, 2.05) is 0 Å². The molecule has 0 amide bonds. The van der Waals surface area contributed by atoms with E-state index in [-0.39, 0.29) is 0 Å². The third kappa shape index (κ3) is 3.63. The topological polar surface area (TPSA) is 24.9 Å². The number of hydrogen-bond donors (Lipinski definition) is 0. The highest BCUT2D eigenvalue weighted by Crippen LogP contribution is 2.68. The number of rotatable bonds is 4. The summed E-state index contributed by atoms with van der Waals surface area (Å²) in [5.74, 6) is 0. The van der Waals surface area contributed by atoms with Crippen molar-refractivity contribution in [1.82, 2.24) is 9.34 Å². The highest BCUT2D eigenvalue weighted by atomic mass is 31.2. The highest BCUT2D eigenvalue weighted by Gasteiger charge is 2.62. The molecule has 0 bridgehead atoms. The summed E-state index contributed by atoms with van der Waals surface area (Å²) >= 11 is 0. The van der Waals surface area contributed by atoms with Crippen LogP contribution in [0.3, 0.4) is 0 Å². The second-order valence-corrected chi connectivity index (χ2v) is 16.1. The molecule has 6 heteroatoms. The van der Waals surface area contributed by atoms with E-state index in [0.29, 0.717) is 35.1 Å². The van der Waals surface area contributed by atoms with E-state index in [1.54, 1.807) is 0 Å². The molecule has 8 rings (SSSR count). The van der Waals surface area contributed by atoms with Gasteiger partial charge in [-0.2, -0.15) is 0 Å². The van der Waals surface area contributed by atoms with Crippen molar-refractivity contribution in [3.8, 4) is 0 Å². The molecule has 2 saturated heterocycles. The van der Waals surface area contributed by atoms with Gasteiger partial charge in [0.1, 0.15) is 16.6 Å². The summed E-state index contributed by atoms with van der Waals surface area (Å²) in [6.07, 6.45) is 16.9. The maximum atomic E-state index is 7.22. The predicted molar refractivity (Wildman–Crippen MR) is 152 cm³/mol. The van der Waals surface area contributed by atoms with Gasteiger partial charge in [0, 0.05) is 33.5 Å². The second kappa shape index (κ2) is 9.36. The molecule has 2 aromatic rings. The molecular formula is C31H40N2O2P2. The zero-order valence-electron chi connectivity index (χ0n) is 21.9. The minimum absolute atomic E-state index is 0.378. The van der Waals surface area contributed by atoms with E-state index in [2.05, 4.69) is 70.0 Å². The van der Waals surface area contributed by atoms with Gasteiger partial charge in [-0.15, -0.1) is 0 Å². The molecule has 0 N–H and O–H groups in total. The summed E-state index contributed by atoms with van der Waals surface area (Å²) < 4.78 is 20.2. The van der Waals surface area contributed by atoms with Crippen molar-refractivity contribution in [3.05, 3.63) is 60.7 Å². The van der Waals surface area contributed by atoms with E-state index >= 15 is 0 Å². The van der Waals surface area contributed by atoms with Crippen molar-refractivity contribution < 1.29 is 9.05 Å². The van der Waals surface area contributed by atoms with E-state index < -0.39 is 16.6 Å². The lowest BCUT2D eigenvalue weighted by atomic mass is 9.78. The third-order valence-electron chi connectivity index (χ3n) is 11.0. The minimum Gasteiger partial charge on any atom is -0.336 e. The molecule has 4 unspecified atom stereocenters. The van der Waals surface area contributed by atoms with Gasteiger partial charge < -0.3 is 9.05 Å². The maximum Gasteiger partial charge on any atom is 0.139 e. The zero-order chi connectivity index (χ0) is 24.5. The van der Waals surface area contributed by atoms with Crippen molar-refractivity contribution >= 4 is 27.2 Å². The quantitative estimate of drug-likeness (QED) is 0.392. The maximum absolute atomic E-state index is 7.22. The summed E-state index contributed by atoms with van der Waals surface area (Å²) in [5.41, 5.74) is 0.756. The Labute approximate surface area is 224 Å². The highest BCUT2D eigenvalue weighted by molar-refractivity contribution is 7.59. The Morgan fingerprint density at radius 1 is 0.595 bits per heavy atom. The molecule has 2 heterocycles. The SMILES string of the molecule is c1ccc(P2O[C@H]3CCCC34CCC[C@H]4N2CN2[C@@H]3CCCC34CCC[C@@H]4OP2c2ccccc2)cc1. The molecule has 6 fully saturated rings. The summed E-state index contributed by atoms with van der Waals surface area (Å²) in [7, 11) is -1.60. The van der Waals surface area contributed by atoms with Crippen molar-refractivity contribution in [2.45, 2.75) is 101 Å². The Morgan fingerprint density at radius 2 is 1.00 bits per heavy atom. The van der Waals surface area contributed by atoms with Gasteiger partial charge in [-0.1, -0.05) is 86.3 Å². The van der Waals surface area contributed by atoms with Crippen LogP contribution in [0.15, 0.2) is 60.7 Å². The molecule has 4 saturated carbocycles. The number of benzene rings is 2. The summed E-state index contributed by atoms with van der Waals surface area (Å²) in [5, 5.41) is 2.79. The van der Waals surface area contributed by atoms with Crippen molar-refractivity contribution in [2.75, 3.05) is 6.67 Å². The van der Waals surface area contributed by atoms with Gasteiger partial charge in [-0.3, -0.25) is 0 Å². The van der Waals surface area contributed by atoms with E-state index in [1.165, 1.54) is 87.7 Å². The second-order valence-electron chi connectivity index (χ2n) is 12.5. The van der Waals surface area contributed by atoms with Crippen LogP contribution in [-0.4, -0.2) is 40.3 Å². The van der Waals surface area contributed by atoms with Gasteiger partial charge in [0.2, 0.25) is 0 Å². The molecule has 6 aliphatic rings. The Morgan fingerprint density at radius 3 is 1.43 bits per heavy atom. The average Bonchev–Trinajstić information content (AvgIpc) is 3.74. The smallest absolute Gasteiger partial charge is 0.139 e. The van der Waals surface area contributed by atoms with Gasteiger partial charge in [-0.25, -0.2) is 9.34 Å². The molecule has 2 aromatic carbocycles. The lowest BCUT2D eigenvalue weighted by Crippen LogP contribution is -2.59. The largest absolute Gasteiger partial charge is 0.336 e. The van der Waals surface area contributed by atoms with Crippen molar-refractivity contribution in [1.29, 1.82) is 0 Å². The van der Waals surface area contributed by atoms with Crippen molar-refractivity contribution in [2.24, 2.45) is 10.8 Å².